The van der Waals surface area contributed by atoms with Gasteiger partial charge in [-0.15, -0.1) is 0 Å². The van der Waals surface area contributed by atoms with Crippen LogP contribution in [0.15, 0.2) is 24.3 Å². The van der Waals surface area contributed by atoms with Crippen LogP contribution in [0.1, 0.15) is 31.4 Å². The summed E-state index contributed by atoms with van der Waals surface area (Å²) in [5.74, 6) is 0.630. The van der Waals surface area contributed by atoms with Crippen LogP contribution in [0.3, 0.4) is 0 Å². The molecule has 94 valence electrons. The van der Waals surface area contributed by atoms with Crippen LogP contribution in [0.25, 0.3) is 0 Å². The molecular formula is C14H21FN2. The summed E-state index contributed by atoms with van der Waals surface area (Å²) < 4.78 is 13.8. The van der Waals surface area contributed by atoms with Crippen LogP contribution in [0, 0.1) is 11.7 Å². The van der Waals surface area contributed by atoms with Crippen molar-refractivity contribution in [2.45, 2.75) is 31.8 Å². The van der Waals surface area contributed by atoms with Crippen molar-refractivity contribution in [1.29, 1.82) is 0 Å². The summed E-state index contributed by atoms with van der Waals surface area (Å²) in [6.07, 6.45) is 2.60. The van der Waals surface area contributed by atoms with Gasteiger partial charge in [-0.05, 0) is 38.8 Å². The Balaban J connectivity index is 2.18. The van der Waals surface area contributed by atoms with E-state index in [1.807, 2.05) is 26.1 Å². The third-order valence-corrected chi connectivity index (χ3v) is 3.44. The Morgan fingerprint density at radius 1 is 1.41 bits per heavy atom. The van der Waals surface area contributed by atoms with Gasteiger partial charge in [0.2, 0.25) is 0 Å². The first-order valence-electron chi connectivity index (χ1n) is 6.30. The summed E-state index contributed by atoms with van der Waals surface area (Å²) in [6.45, 7) is 2.96. The van der Waals surface area contributed by atoms with E-state index >= 15 is 0 Å². The van der Waals surface area contributed by atoms with E-state index in [0.29, 0.717) is 5.56 Å². The lowest BCUT2D eigenvalue weighted by atomic mass is 9.99. The van der Waals surface area contributed by atoms with Crippen molar-refractivity contribution >= 4 is 0 Å². The van der Waals surface area contributed by atoms with Crippen LogP contribution in [-0.2, 0) is 0 Å². The number of halogens is 1. The second-order valence-electron chi connectivity index (χ2n) is 5.21. The first-order chi connectivity index (χ1) is 8.09. The summed E-state index contributed by atoms with van der Waals surface area (Å²) in [4.78, 5) is 2.20. The zero-order valence-electron chi connectivity index (χ0n) is 10.6. The number of nitrogens with two attached hydrogens (primary N) is 1. The molecule has 0 aromatic heterocycles. The molecule has 0 spiro atoms. The van der Waals surface area contributed by atoms with Gasteiger partial charge in [0, 0.05) is 18.2 Å². The van der Waals surface area contributed by atoms with Crippen molar-refractivity contribution < 1.29 is 4.39 Å². The Bertz CT molecular complexity index is 374. The fraction of sp³-hybridized carbons (Fsp3) is 0.571. The van der Waals surface area contributed by atoms with Gasteiger partial charge in [0.25, 0.3) is 0 Å². The zero-order valence-corrected chi connectivity index (χ0v) is 10.6. The normalized spacial score (nSPS) is 19.4. The van der Waals surface area contributed by atoms with Gasteiger partial charge in [-0.25, -0.2) is 4.39 Å². The lowest BCUT2D eigenvalue weighted by Crippen LogP contribution is -2.38. The zero-order chi connectivity index (χ0) is 12.4. The van der Waals surface area contributed by atoms with E-state index in [1.165, 1.54) is 18.9 Å². The molecular weight excluding hydrogens is 215 g/mol. The van der Waals surface area contributed by atoms with Gasteiger partial charge in [-0.1, -0.05) is 18.2 Å². The van der Waals surface area contributed by atoms with E-state index in [0.717, 1.165) is 12.5 Å². The summed E-state index contributed by atoms with van der Waals surface area (Å²) in [6, 6.07) is 6.84. The highest BCUT2D eigenvalue weighted by Gasteiger charge is 2.29. The van der Waals surface area contributed by atoms with Crippen molar-refractivity contribution in [3.05, 3.63) is 35.6 Å². The minimum absolute atomic E-state index is 0.0307. The van der Waals surface area contributed by atoms with E-state index in [1.54, 1.807) is 6.07 Å². The third-order valence-electron chi connectivity index (χ3n) is 3.44. The largest absolute Gasteiger partial charge is 0.326 e. The molecule has 17 heavy (non-hydrogen) atoms. The topological polar surface area (TPSA) is 29.3 Å². The molecule has 2 atom stereocenters. The van der Waals surface area contributed by atoms with Crippen LogP contribution >= 0.6 is 0 Å². The molecule has 2 nitrogen and oxygen atoms in total. The maximum Gasteiger partial charge on any atom is 0.128 e. The molecule has 0 amide bonds. The van der Waals surface area contributed by atoms with Gasteiger partial charge >= 0.3 is 0 Å². The standard InChI is InChI=1S/C14H21FN2/c1-10(16)14(17(2)9-11-7-8-11)12-5-3-4-6-13(12)15/h3-6,10-11,14H,7-9,16H2,1-2H3. The second-order valence-corrected chi connectivity index (χ2v) is 5.21. The highest BCUT2D eigenvalue weighted by molar-refractivity contribution is 5.22. The van der Waals surface area contributed by atoms with E-state index in [-0.39, 0.29) is 17.9 Å². The monoisotopic (exact) mass is 236 g/mol. The summed E-state index contributed by atoms with van der Waals surface area (Å²) in [5, 5.41) is 0. The maximum atomic E-state index is 13.8. The predicted molar refractivity (Wildman–Crippen MR) is 68.1 cm³/mol. The van der Waals surface area contributed by atoms with E-state index in [2.05, 4.69) is 4.90 Å². The fourth-order valence-electron chi connectivity index (χ4n) is 2.46. The molecule has 1 fully saturated rings. The fourth-order valence-corrected chi connectivity index (χ4v) is 2.46. The van der Waals surface area contributed by atoms with Gasteiger partial charge < -0.3 is 5.73 Å². The molecule has 1 aromatic carbocycles. The molecule has 2 rings (SSSR count). The average molecular weight is 236 g/mol. The van der Waals surface area contributed by atoms with Gasteiger partial charge in [0.05, 0.1) is 6.04 Å². The Morgan fingerprint density at radius 3 is 2.59 bits per heavy atom. The third kappa shape index (κ3) is 3.05. The molecule has 1 aromatic rings. The molecule has 0 radical (unpaired) electrons. The highest BCUT2D eigenvalue weighted by Crippen LogP contribution is 2.33. The molecule has 1 saturated carbocycles. The molecule has 0 saturated heterocycles. The molecule has 0 aliphatic heterocycles. The average Bonchev–Trinajstić information content (AvgIpc) is 3.04. The lowest BCUT2D eigenvalue weighted by Gasteiger charge is -2.31. The van der Waals surface area contributed by atoms with Crippen LogP contribution in [-0.4, -0.2) is 24.5 Å². The van der Waals surface area contributed by atoms with E-state index in [4.69, 9.17) is 5.73 Å². The molecule has 2 N–H and O–H groups in total. The van der Waals surface area contributed by atoms with Gasteiger partial charge in [-0.3, -0.25) is 4.90 Å². The van der Waals surface area contributed by atoms with Gasteiger partial charge in [0.1, 0.15) is 5.82 Å². The van der Waals surface area contributed by atoms with Gasteiger partial charge in [-0.2, -0.15) is 0 Å². The Morgan fingerprint density at radius 2 is 2.06 bits per heavy atom. The summed E-state index contributed by atoms with van der Waals surface area (Å²) in [5.41, 5.74) is 6.74. The SMILES string of the molecule is CC(N)C(c1ccccc1F)N(C)CC1CC1. The Labute approximate surface area is 103 Å². The number of hydrogen-bond donors (Lipinski definition) is 1. The lowest BCUT2D eigenvalue weighted by molar-refractivity contribution is 0.206. The number of rotatable bonds is 5. The van der Waals surface area contributed by atoms with Crippen LogP contribution in [0.4, 0.5) is 4.39 Å². The minimum Gasteiger partial charge on any atom is -0.326 e. The molecule has 1 aliphatic carbocycles. The number of likely N-dealkylation sites (N-methyl/N-ethyl adjacent to an activating group) is 1. The predicted octanol–water partition coefficient (Wildman–Crippen LogP) is 2.56. The van der Waals surface area contributed by atoms with Crippen molar-refractivity contribution in [2.24, 2.45) is 11.7 Å². The number of benzene rings is 1. The molecule has 3 heteroatoms. The maximum absolute atomic E-state index is 13.8. The number of nitrogens with zero attached hydrogens (tertiary/aromatic N) is 1. The Hall–Kier alpha value is -0.930. The van der Waals surface area contributed by atoms with Crippen molar-refractivity contribution in [3.8, 4) is 0 Å². The quantitative estimate of drug-likeness (QED) is 0.851. The van der Waals surface area contributed by atoms with E-state index in [9.17, 15) is 4.39 Å². The molecule has 1 aliphatic rings. The molecule has 2 unspecified atom stereocenters. The first-order valence-corrected chi connectivity index (χ1v) is 6.30. The summed E-state index contributed by atoms with van der Waals surface area (Å²) in [7, 11) is 2.04. The van der Waals surface area contributed by atoms with Gasteiger partial charge in [0.15, 0.2) is 0 Å². The molecule has 0 bridgehead atoms. The van der Waals surface area contributed by atoms with Crippen LogP contribution in [0.5, 0.6) is 0 Å². The van der Waals surface area contributed by atoms with Crippen molar-refractivity contribution in [3.63, 3.8) is 0 Å². The highest BCUT2D eigenvalue weighted by atomic mass is 19.1. The van der Waals surface area contributed by atoms with Crippen LogP contribution < -0.4 is 5.73 Å². The van der Waals surface area contributed by atoms with Crippen molar-refractivity contribution in [1.82, 2.24) is 4.90 Å². The molecule has 0 heterocycles. The minimum atomic E-state index is -0.155. The van der Waals surface area contributed by atoms with E-state index < -0.39 is 0 Å². The summed E-state index contributed by atoms with van der Waals surface area (Å²) >= 11 is 0. The number of hydrogen-bond acceptors (Lipinski definition) is 2. The Kier molecular flexibility index (Phi) is 3.79. The first kappa shape index (κ1) is 12.5. The smallest absolute Gasteiger partial charge is 0.128 e. The van der Waals surface area contributed by atoms with Crippen LogP contribution in [0.2, 0.25) is 0 Å². The van der Waals surface area contributed by atoms with Crippen molar-refractivity contribution in [2.75, 3.05) is 13.6 Å². The second kappa shape index (κ2) is 5.15.